The first kappa shape index (κ1) is 9.75. The molecule has 0 aromatic rings. The molecule has 0 aromatic heterocycles. The first-order chi connectivity index (χ1) is 2.27. The molecule has 0 aromatic carbocycles. The first-order valence-electron chi connectivity index (χ1n) is 1.95. The molecule has 0 spiro atoms. The minimum Gasteiger partial charge on any atom is -0.393 e. The fourth-order valence-electron chi connectivity index (χ4n) is 0. The van der Waals surface area contributed by atoms with Gasteiger partial charge in [-0.2, -0.15) is 0 Å². The zero-order valence-corrected chi connectivity index (χ0v) is 4.73. The summed E-state index contributed by atoms with van der Waals surface area (Å²) in [5.41, 5.74) is 0. The smallest absolute Gasteiger partial charge is 0.0509 e. The van der Waals surface area contributed by atoms with E-state index in [9.17, 15) is 0 Å². The molecule has 0 saturated heterocycles. The molecular weight excluding hydrogens is 71.0 g/mol. The zero-order chi connectivity index (χ0) is 4.28. The van der Waals surface area contributed by atoms with Crippen LogP contribution in [0.5, 0.6) is 0 Å². The average Bonchev–Trinajstić information content (AvgIpc) is 1.38. The van der Waals surface area contributed by atoms with Gasteiger partial charge in [-0.25, -0.2) is 0 Å². The van der Waals surface area contributed by atoms with E-state index < -0.39 is 0 Å². The minimum atomic E-state index is -0.116. The fourth-order valence-corrected chi connectivity index (χ4v) is 0. The molecule has 33 valence electrons. The number of rotatable bonds is 1. The van der Waals surface area contributed by atoms with E-state index >= 15 is 0 Å². The van der Waals surface area contributed by atoms with Crippen molar-refractivity contribution in [1.82, 2.24) is 0 Å². The maximum absolute atomic E-state index is 8.36. The van der Waals surface area contributed by atoms with Gasteiger partial charge in [-0.3, -0.25) is 0 Å². The Morgan fingerprint density at radius 1 is 1.67 bits per heavy atom. The molecule has 2 heteroatoms. The number of hydrogen-bond donors (Lipinski definition) is 1. The van der Waals surface area contributed by atoms with Crippen molar-refractivity contribution in [3.05, 3.63) is 0 Å². The molecule has 1 radical (unpaired) electrons. The average molecular weight is 81.1 g/mol. The molecule has 1 N–H and O–H groups in total. The summed E-state index contributed by atoms with van der Waals surface area (Å²) in [4.78, 5) is 0. The second kappa shape index (κ2) is 5.56. The van der Waals surface area contributed by atoms with Gasteiger partial charge in [0.1, 0.15) is 0 Å². The molecule has 1 atom stereocenters. The maximum atomic E-state index is 8.36. The predicted octanol–water partition coefficient (Wildman–Crippen LogP) is 0.396. The van der Waals surface area contributed by atoms with E-state index in [-0.39, 0.29) is 25.0 Å². The summed E-state index contributed by atoms with van der Waals surface area (Å²) in [5, 5.41) is 8.36. The van der Waals surface area contributed by atoms with Crippen LogP contribution in [-0.4, -0.2) is 30.1 Å². The monoisotopic (exact) mass is 81.1 g/mol. The van der Waals surface area contributed by atoms with Gasteiger partial charge >= 0.3 is 0 Å². The summed E-state index contributed by atoms with van der Waals surface area (Å²) < 4.78 is 0. The van der Waals surface area contributed by atoms with Crippen LogP contribution in [0.2, 0.25) is 0 Å². The van der Waals surface area contributed by atoms with Crippen LogP contribution >= 0.6 is 0 Å². The third-order valence-electron chi connectivity index (χ3n) is 0.591. The SMILES string of the molecule is CCC(C)O.[Li]. The molecular formula is C4H10LiO. The van der Waals surface area contributed by atoms with Gasteiger partial charge in [-0.1, -0.05) is 6.92 Å². The molecule has 0 heterocycles. The number of aliphatic hydroxyl groups excluding tert-OH is 1. The molecule has 0 aliphatic heterocycles. The van der Waals surface area contributed by atoms with Crippen molar-refractivity contribution < 1.29 is 5.11 Å². The van der Waals surface area contributed by atoms with Gasteiger partial charge in [-0.05, 0) is 13.3 Å². The third kappa shape index (κ3) is 8.82. The van der Waals surface area contributed by atoms with Gasteiger partial charge in [0.25, 0.3) is 0 Å². The Labute approximate surface area is 50.9 Å². The van der Waals surface area contributed by atoms with Gasteiger partial charge < -0.3 is 5.11 Å². The fraction of sp³-hybridized carbons (Fsp3) is 1.00. The molecule has 0 aliphatic rings. The van der Waals surface area contributed by atoms with E-state index in [1.54, 1.807) is 6.92 Å². The summed E-state index contributed by atoms with van der Waals surface area (Å²) in [6.07, 6.45) is 0.745. The van der Waals surface area contributed by atoms with Gasteiger partial charge in [0.2, 0.25) is 0 Å². The summed E-state index contributed by atoms with van der Waals surface area (Å²) in [6.45, 7) is 3.73. The molecule has 6 heavy (non-hydrogen) atoms. The third-order valence-corrected chi connectivity index (χ3v) is 0.591. The van der Waals surface area contributed by atoms with E-state index in [1.807, 2.05) is 6.92 Å². The Kier molecular flexibility index (Phi) is 9.03. The molecule has 0 fully saturated rings. The van der Waals surface area contributed by atoms with E-state index in [2.05, 4.69) is 0 Å². The molecule has 0 saturated carbocycles. The Balaban J connectivity index is 0. The molecule has 0 bridgehead atoms. The van der Waals surface area contributed by atoms with Crippen molar-refractivity contribution in [3.8, 4) is 0 Å². The van der Waals surface area contributed by atoms with Gasteiger partial charge in [0.15, 0.2) is 0 Å². The number of hydrogen-bond acceptors (Lipinski definition) is 1. The maximum Gasteiger partial charge on any atom is 0.0509 e. The van der Waals surface area contributed by atoms with Crippen molar-refractivity contribution in [3.63, 3.8) is 0 Å². The van der Waals surface area contributed by atoms with E-state index in [0.29, 0.717) is 0 Å². The summed E-state index contributed by atoms with van der Waals surface area (Å²) in [7, 11) is 0. The summed E-state index contributed by atoms with van der Waals surface area (Å²) >= 11 is 0. The Morgan fingerprint density at radius 2 is 1.83 bits per heavy atom. The molecule has 0 rings (SSSR count). The Bertz CT molecular complexity index is 21.5. The normalized spacial score (nSPS) is 12.5. The van der Waals surface area contributed by atoms with Gasteiger partial charge in [0.05, 0.1) is 6.10 Å². The Morgan fingerprint density at radius 3 is 1.83 bits per heavy atom. The van der Waals surface area contributed by atoms with Crippen molar-refractivity contribution in [1.29, 1.82) is 0 Å². The molecule has 1 unspecified atom stereocenters. The first-order valence-corrected chi connectivity index (χ1v) is 1.95. The second-order valence-electron chi connectivity index (χ2n) is 1.26. The van der Waals surface area contributed by atoms with Crippen molar-refractivity contribution in [2.24, 2.45) is 0 Å². The van der Waals surface area contributed by atoms with Crippen LogP contribution in [0, 0.1) is 0 Å². The zero-order valence-electron chi connectivity index (χ0n) is 4.73. The quantitative estimate of drug-likeness (QED) is 0.453. The van der Waals surface area contributed by atoms with Crippen LogP contribution in [0.15, 0.2) is 0 Å². The van der Waals surface area contributed by atoms with Crippen LogP contribution in [0.3, 0.4) is 0 Å². The topological polar surface area (TPSA) is 20.2 Å². The van der Waals surface area contributed by atoms with Gasteiger partial charge in [0, 0.05) is 18.9 Å². The van der Waals surface area contributed by atoms with E-state index in [1.165, 1.54) is 0 Å². The van der Waals surface area contributed by atoms with Crippen molar-refractivity contribution >= 4 is 18.9 Å². The van der Waals surface area contributed by atoms with Crippen LogP contribution in [0.1, 0.15) is 20.3 Å². The summed E-state index contributed by atoms with van der Waals surface area (Å²) in [5.74, 6) is 0. The van der Waals surface area contributed by atoms with Crippen LogP contribution in [0.25, 0.3) is 0 Å². The largest absolute Gasteiger partial charge is 0.393 e. The minimum absolute atomic E-state index is 0. The van der Waals surface area contributed by atoms with E-state index in [4.69, 9.17) is 5.11 Å². The standard InChI is InChI=1S/C4H10O.Li/c1-3-4(2)5;/h4-5H,3H2,1-2H3;. The second-order valence-corrected chi connectivity index (χ2v) is 1.26. The number of aliphatic hydroxyl groups is 1. The Hall–Kier alpha value is 0.557. The summed E-state index contributed by atoms with van der Waals surface area (Å²) in [6, 6.07) is 0. The van der Waals surface area contributed by atoms with E-state index in [0.717, 1.165) is 6.42 Å². The molecule has 1 nitrogen and oxygen atoms in total. The van der Waals surface area contributed by atoms with Crippen LogP contribution < -0.4 is 0 Å². The van der Waals surface area contributed by atoms with Crippen LogP contribution in [-0.2, 0) is 0 Å². The van der Waals surface area contributed by atoms with Gasteiger partial charge in [-0.15, -0.1) is 0 Å². The van der Waals surface area contributed by atoms with Crippen LogP contribution in [0.4, 0.5) is 0 Å². The predicted molar refractivity (Wildman–Crippen MR) is 27.7 cm³/mol. The van der Waals surface area contributed by atoms with Crippen molar-refractivity contribution in [2.75, 3.05) is 0 Å². The molecule has 0 aliphatic carbocycles. The molecule has 0 amide bonds. The van der Waals surface area contributed by atoms with Crippen molar-refractivity contribution in [2.45, 2.75) is 26.4 Å².